The van der Waals surface area contributed by atoms with Crippen molar-refractivity contribution in [2.45, 2.75) is 25.0 Å². The maximum atomic E-state index is 13.7. The number of nitrogens with one attached hydrogen (secondary N) is 1. The number of nitrogens with zero attached hydrogens (tertiary/aromatic N) is 1. The molecule has 0 fully saturated rings. The third-order valence-electron chi connectivity index (χ3n) is 6.37. The van der Waals surface area contributed by atoms with Crippen molar-refractivity contribution < 1.29 is 14.4 Å². The first-order valence-electron chi connectivity index (χ1n) is 10.8. The van der Waals surface area contributed by atoms with Gasteiger partial charge < -0.3 is 16.0 Å². The Morgan fingerprint density at radius 1 is 0.879 bits per heavy atom. The van der Waals surface area contributed by atoms with E-state index in [9.17, 15) is 14.4 Å². The molecular formula is C27H23N3O3. The third kappa shape index (κ3) is 3.40. The molecular weight excluding hydrogens is 414 g/mol. The number of amides is 3. The van der Waals surface area contributed by atoms with E-state index in [2.05, 4.69) is 5.32 Å². The average Bonchev–Trinajstić information content (AvgIpc) is 2.85. The molecule has 1 aliphatic carbocycles. The second-order valence-corrected chi connectivity index (χ2v) is 8.30. The molecule has 5 rings (SSSR count). The van der Waals surface area contributed by atoms with Gasteiger partial charge in [0.1, 0.15) is 12.1 Å². The first-order chi connectivity index (χ1) is 16.0. The monoisotopic (exact) mass is 437 g/mol. The van der Waals surface area contributed by atoms with E-state index in [4.69, 9.17) is 5.73 Å². The van der Waals surface area contributed by atoms with Gasteiger partial charge in [0.15, 0.2) is 0 Å². The molecule has 6 nitrogen and oxygen atoms in total. The fourth-order valence-electron chi connectivity index (χ4n) is 4.75. The lowest BCUT2D eigenvalue weighted by molar-refractivity contribution is -0.141. The molecule has 0 saturated heterocycles. The standard InChI is InChI=1S/C27H23N3O3/c1-16(25(28)31)30-24-21-14-8-7-12-19(21)18-11-5-6-13-20(18)22(24)15-23(27(30)33)29-26(32)17-9-3-2-4-10-17/h2-16,23-24H,1H3,(H2,28,31)(H,29,32)/t16-,23-,24-/m0/s1. The van der Waals surface area contributed by atoms with Crippen LogP contribution in [0.15, 0.2) is 84.9 Å². The summed E-state index contributed by atoms with van der Waals surface area (Å²) >= 11 is 0. The Kier molecular flexibility index (Phi) is 5.05. The Labute approximate surface area is 191 Å². The van der Waals surface area contributed by atoms with Gasteiger partial charge in [-0.3, -0.25) is 14.4 Å². The van der Waals surface area contributed by atoms with Crippen LogP contribution in [0.3, 0.4) is 0 Å². The quantitative estimate of drug-likeness (QED) is 0.656. The second kappa shape index (κ2) is 8.06. The summed E-state index contributed by atoms with van der Waals surface area (Å²) in [5.74, 6) is -1.33. The zero-order valence-corrected chi connectivity index (χ0v) is 18.1. The molecule has 3 N–H and O–H groups in total. The van der Waals surface area contributed by atoms with Crippen LogP contribution in [0.25, 0.3) is 16.7 Å². The number of carbonyl (C=O) groups is 3. The van der Waals surface area contributed by atoms with E-state index in [1.54, 1.807) is 31.2 Å². The molecule has 0 aromatic heterocycles. The Balaban J connectivity index is 1.67. The minimum Gasteiger partial charge on any atom is -0.368 e. The van der Waals surface area contributed by atoms with Gasteiger partial charge in [0.2, 0.25) is 5.91 Å². The molecule has 33 heavy (non-hydrogen) atoms. The largest absolute Gasteiger partial charge is 0.368 e. The molecule has 0 unspecified atom stereocenters. The summed E-state index contributed by atoms with van der Waals surface area (Å²) in [5, 5.41) is 2.84. The lowest BCUT2D eigenvalue weighted by Crippen LogP contribution is -2.57. The van der Waals surface area contributed by atoms with Crippen LogP contribution in [0.2, 0.25) is 0 Å². The highest BCUT2D eigenvalue weighted by molar-refractivity contribution is 6.04. The second-order valence-electron chi connectivity index (χ2n) is 8.30. The molecule has 6 heteroatoms. The van der Waals surface area contributed by atoms with Gasteiger partial charge >= 0.3 is 0 Å². The fraction of sp³-hybridized carbons (Fsp3) is 0.148. The molecule has 164 valence electrons. The van der Waals surface area contributed by atoms with Crippen LogP contribution in [0.4, 0.5) is 0 Å². The van der Waals surface area contributed by atoms with Gasteiger partial charge in [0.05, 0.1) is 6.04 Å². The van der Waals surface area contributed by atoms with Gasteiger partial charge in [-0.25, -0.2) is 0 Å². The lowest BCUT2D eigenvalue weighted by Gasteiger charge is -2.45. The minimum atomic E-state index is -0.927. The molecule has 2 aliphatic rings. The van der Waals surface area contributed by atoms with Gasteiger partial charge in [-0.2, -0.15) is 0 Å². The van der Waals surface area contributed by atoms with Crippen molar-refractivity contribution in [1.82, 2.24) is 10.2 Å². The van der Waals surface area contributed by atoms with Crippen LogP contribution >= 0.6 is 0 Å². The highest BCUT2D eigenvalue weighted by Crippen LogP contribution is 2.50. The first-order valence-corrected chi connectivity index (χ1v) is 10.8. The Hall–Kier alpha value is -4.19. The molecule has 3 aromatic carbocycles. The SMILES string of the molecule is C[C@@H](C(N)=O)N1C(=O)[C@@H](NC(=O)c2ccccc2)C=C2c3ccccc3-c3ccccc3[C@@H]21. The summed E-state index contributed by atoms with van der Waals surface area (Å²) in [7, 11) is 0. The van der Waals surface area contributed by atoms with E-state index in [1.807, 2.05) is 60.7 Å². The van der Waals surface area contributed by atoms with E-state index in [-0.39, 0.29) is 11.8 Å². The molecule has 3 amide bonds. The van der Waals surface area contributed by atoms with Crippen LogP contribution in [-0.4, -0.2) is 34.7 Å². The van der Waals surface area contributed by atoms with Crippen molar-refractivity contribution in [2.24, 2.45) is 5.73 Å². The smallest absolute Gasteiger partial charge is 0.252 e. The highest BCUT2D eigenvalue weighted by atomic mass is 16.2. The van der Waals surface area contributed by atoms with Crippen molar-refractivity contribution in [3.05, 3.63) is 102 Å². The number of fused-ring (bicyclic) bond motifs is 6. The number of primary amides is 1. The number of rotatable bonds is 4. The summed E-state index contributed by atoms with van der Waals surface area (Å²) < 4.78 is 0. The summed E-state index contributed by atoms with van der Waals surface area (Å²) in [6, 6.07) is 22.3. The topological polar surface area (TPSA) is 92.5 Å². The van der Waals surface area contributed by atoms with Crippen LogP contribution < -0.4 is 11.1 Å². The van der Waals surface area contributed by atoms with Gasteiger partial charge in [0.25, 0.3) is 11.8 Å². The first kappa shape index (κ1) is 20.7. The number of nitrogens with two attached hydrogens (primary N) is 1. The summed E-state index contributed by atoms with van der Waals surface area (Å²) in [6.07, 6.45) is 1.81. The highest BCUT2D eigenvalue weighted by Gasteiger charge is 2.44. The van der Waals surface area contributed by atoms with Crippen LogP contribution in [0, 0.1) is 0 Å². The molecule has 1 aliphatic heterocycles. The Morgan fingerprint density at radius 3 is 2.18 bits per heavy atom. The van der Waals surface area contributed by atoms with E-state index >= 15 is 0 Å². The number of benzene rings is 3. The van der Waals surface area contributed by atoms with E-state index in [1.165, 1.54) is 4.90 Å². The molecule has 0 spiro atoms. The number of hydrogen-bond donors (Lipinski definition) is 2. The normalized spacial score (nSPS) is 19.5. The zero-order chi connectivity index (χ0) is 23.1. The molecule has 0 saturated carbocycles. The summed E-state index contributed by atoms with van der Waals surface area (Å²) in [4.78, 5) is 40.3. The fourth-order valence-corrected chi connectivity index (χ4v) is 4.75. The minimum absolute atomic E-state index is 0.361. The van der Waals surface area contributed by atoms with E-state index in [0.29, 0.717) is 5.56 Å². The van der Waals surface area contributed by atoms with Gasteiger partial charge in [0, 0.05) is 5.56 Å². The van der Waals surface area contributed by atoms with Crippen molar-refractivity contribution >= 4 is 23.3 Å². The summed E-state index contributed by atoms with van der Waals surface area (Å²) in [5.41, 5.74) is 10.9. The van der Waals surface area contributed by atoms with Crippen molar-refractivity contribution in [3.63, 3.8) is 0 Å². The predicted molar refractivity (Wildman–Crippen MR) is 126 cm³/mol. The maximum absolute atomic E-state index is 13.7. The van der Waals surface area contributed by atoms with Crippen LogP contribution in [0.5, 0.6) is 0 Å². The number of carbonyl (C=O) groups excluding carboxylic acids is 3. The van der Waals surface area contributed by atoms with Crippen molar-refractivity contribution in [3.8, 4) is 11.1 Å². The van der Waals surface area contributed by atoms with Gasteiger partial charge in [-0.1, -0.05) is 66.7 Å². The molecule has 1 heterocycles. The molecule has 0 radical (unpaired) electrons. The molecule has 0 bridgehead atoms. The molecule has 3 atom stereocenters. The van der Waals surface area contributed by atoms with Crippen molar-refractivity contribution in [2.75, 3.05) is 0 Å². The van der Waals surface area contributed by atoms with Gasteiger partial charge in [-0.05, 0) is 53.0 Å². The van der Waals surface area contributed by atoms with Crippen LogP contribution in [-0.2, 0) is 9.59 Å². The van der Waals surface area contributed by atoms with E-state index < -0.39 is 24.0 Å². The Bertz CT molecular complexity index is 1300. The number of hydrogen-bond acceptors (Lipinski definition) is 3. The lowest BCUT2D eigenvalue weighted by atomic mass is 9.75. The average molecular weight is 437 g/mol. The zero-order valence-electron chi connectivity index (χ0n) is 18.1. The van der Waals surface area contributed by atoms with Crippen molar-refractivity contribution in [1.29, 1.82) is 0 Å². The summed E-state index contributed by atoms with van der Waals surface area (Å²) in [6.45, 7) is 1.63. The Morgan fingerprint density at radius 2 is 1.48 bits per heavy atom. The maximum Gasteiger partial charge on any atom is 0.252 e. The third-order valence-corrected chi connectivity index (χ3v) is 6.37. The van der Waals surface area contributed by atoms with Crippen LogP contribution in [0.1, 0.15) is 34.5 Å². The van der Waals surface area contributed by atoms with E-state index in [0.717, 1.165) is 27.8 Å². The predicted octanol–water partition coefficient (Wildman–Crippen LogP) is 3.31. The molecule has 3 aromatic rings. The van der Waals surface area contributed by atoms with Gasteiger partial charge in [-0.15, -0.1) is 0 Å².